The maximum atomic E-state index is 10.8. The number of carboxylic acid groups (broad SMARTS) is 1. The van der Waals surface area contributed by atoms with Crippen LogP contribution < -0.4 is 9.67 Å². The van der Waals surface area contributed by atoms with Crippen LogP contribution in [0.15, 0.2) is 0 Å². The fourth-order valence-corrected chi connectivity index (χ4v) is 2.77. The molecule has 6 heteroatoms. The number of hydrogen-bond donors (Lipinski definition) is 0. The third-order valence-corrected chi connectivity index (χ3v) is 3.49. The van der Waals surface area contributed by atoms with Crippen molar-refractivity contribution in [2.24, 2.45) is 0 Å². The van der Waals surface area contributed by atoms with E-state index in [0.29, 0.717) is 0 Å². The molecule has 0 unspecified atom stereocenters. The summed E-state index contributed by atoms with van der Waals surface area (Å²) in [6, 6.07) is 0. The lowest BCUT2D eigenvalue weighted by Crippen LogP contribution is -2.55. The van der Waals surface area contributed by atoms with Gasteiger partial charge in [0.05, 0.1) is 0 Å². The van der Waals surface area contributed by atoms with Crippen LogP contribution in [-0.4, -0.2) is 5.97 Å². The second-order valence-corrected chi connectivity index (χ2v) is 5.72. The highest BCUT2D eigenvalue weighted by Crippen LogP contribution is 2.29. The summed E-state index contributed by atoms with van der Waals surface area (Å²) < 4.78 is 1.72. The van der Waals surface area contributed by atoms with Crippen LogP contribution in [0, 0.1) is 0 Å². The summed E-state index contributed by atoms with van der Waals surface area (Å²) in [6.45, 7) is 5.52. The normalized spacial score (nSPS) is 11.8. The van der Waals surface area contributed by atoms with Gasteiger partial charge in [-0.3, -0.25) is 0 Å². The Morgan fingerprint density at radius 3 is 2.21 bits per heavy atom. The van der Waals surface area contributed by atoms with E-state index in [1.54, 1.807) is 0 Å². The van der Waals surface area contributed by atoms with E-state index < -0.39 is 11.5 Å². The molecule has 0 aliphatic heterocycles. The summed E-state index contributed by atoms with van der Waals surface area (Å²) in [5, 5.41) is 11.1. The molecule has 3 nitrogen and oxygen atoms in total. The third kappa shape index (κ3) is 2.02. The monoisotopic (exact) mass is 253 g/mol. The van der Waals surface area contributed by atoms with Crippen LogP contribution >= 0.6 is 34.5 Å². The van der Waals surface area contributed by atoms with Gasteiger partial charge in [0.2, 0.25) is 0 Å². The summed E-state index contributed by atoms with van der Waals surface area (Å²) in [6.07, 6.45) is 0. The molecule has 14 heavy (non-hydrogen) atoms. The molecule has 0 fully saturated rings. The molecule has 0 aliphatic rings. The van der Waals surface area contributed by atoms with Gasteiger partial charge in [-0.2, -0.15) is 4.57 Å². The fourth-order valence-electron chi connectivity index (χ4n) is 1.08. The van der Waals surface area contributed by atoms with Gasteiger partial charge in [-0.1, -0.05) is 11.6 Å². The Hall–Kier alpha value is -0.320. The minimum atomic E-state index is -1.27. The molecule has 78 valence electrons. The van der Waals surface area contributed by atoms with Crippen molar-refractivity contribution in [1.82, 2.24) is 0 Å². The quantitative estimate of drug-likeness (QED) is 0.712. The second-order valence-electron chi connectivity index (χ2n) is 3.77. The zero-order chi connectivity index (χ0) is 11.1. The van der Waals surface area contributed by atoms with Gasteiger partial charge in [-0.25, -0.2) is 0 Å². The van der Waals surface area contributed by atoms with Crippen molar-refractivity contribution in [3.05, 3.63) is 14.5 Å². The van der Waals surface area contributed by atoms with E-state index in [0.717, 1.165) is 11.3 Å². The van der Waals surface area contributed by atoms with Crippen LogP contribution in [0.3, 0.4) is 0 Å². The molecule has 1 rings (SSSR count). The van der Waals surface area contributed by atoms with Gasteiger partial charge >= 0.3 is 5.15 Å². The molecule has 0 aromatic carbocycles. The van der Waals surface area contributed by atoms with Crippen molar-refractivity contribution in [3.8, 4) is 0 Å². The second kappa shape index (κ2) is 3.68. The molecular weight excluding hydrogens is 245 g/mol. The van der Waals surface area contributed by atoms with Crippen LogP contribution in [-0.2, 0) is 5.54 Å². The first-order chi connectivity index (χ1) is 6.25. The van der Waals surface area contributed by atoms with E-state index in [4.69, 9.17) is 23.2 Å². The van der Waals surface area contributed by atoms with E-state index >= 15 is 0 Å². The topological polar surface area (TPSA) is 44.0 Å². The summed E-state index contributed by atoms with van der Waals surface area (Å²) in [7, 11) is 0. The first kappa shape index (κ1) is 11.8. The summed E-state index contributed by atoms with van der Waals surface area (Å²) in [4.78, 5) is 10.8. The van der Waals surface area contributed by atoms with Gasteiger partial charge in [-0.05, 0) is 22.9 Å². The zero-order valence-electron chi connectivity index (χ0n) is 7.93. The Balaban J connectivity index is 3.46. The van der Waals surface area contributed by atoms with Gasteiger partial charge in [0, 0.05) is 20.8 Å². The number of hydrogen-bond acceptors (Lipinski definition) is 3. The number of thiazole rings is 1. The van der Waals surface area contributed by atoms with Gasteiger partial charge in [-0.15, -0.1) is 0 Å². The molecule has 0 N–H and O–H groups in total. The van der Waals surface area contributed by atoms with Gasteiger partial charge in [0.15, 0.2) is 15.8 Å². The Morgan fingerprint density at radius 1 is 1.43 bits per heavy atom. The minimum Gasteiger partial charge on any atom is -0.539 e. The van der Waals surface area contributed by atoms with Crippen LogP contribution in [0.5, 0.6) is 0 Å². The van der Waals surface area contributed by atoms with Gasteiger partial charge in [0.1, 0.15) is 0 Å². The van der Waals surface area contributed by atoms with Crippen molar-refractivity contribution < 1.29 is 14.5 Å². The smallest absolute Gasteiger partial charge is 0.306 e. The summed E-state index contributed by atoms with van der Waals surface area (Å²) >= 11 is 12.6. The Kier molecular flexibility index (Phi) is 3.09. The highest BCUT2D eigenvalue weighted by atomic mass is 35.5. The fraction of sp³-hybridized carbons (Fsp3) is 0.500. The van der Waals surface area contributed by atoms with Crippen LogP contribution in [0.4, 0.5) is 0 Å². The number of halogens is 2. The number of rotatable bonds is 1. The van der Waals surface area contributed by atoms with Crippen LogP contribution in [0.1, 0.15) is 30.6 Å². The van der Waals surface area contributed by atoms with E-state index in [2.05, 4.69) is 0 Å². The average Bonchev–Trinajstić information content (AvgIpc) is 2.27. The summed E-state index contributed by atoms with van der Waals surface area (Å²) in [5.74, 6) is -1.27. The first-order valence-corrected chi connectivity index (χ1v) is 5.44. The van der Waals surface area contributed by atoms with Crippen LogP contribution in [0.2, 0.25) is 9.49 Å². The molecule has 0 spiro atoms. The molecule has 0 amide bonds. The highest BCUT2D eigenvalue weighted by Gasteiger charge is 2.34. The summed E-state index contributed by atoms with van der Waals surface area (Å²) in [5.41, 5.74) is -0.434. The largest absolute Gasteiger partial charge is 0.539 e. The number of carbonyl (C=O) groups is 1. The lowest BCUT2D eigenvalue weighted by molar-refractivity contribution is -0.750. The first-order valence-electron chi connectivity index (χ1n) is 3.87. The maximum Gasteiger partial charge on any atom is 0.306 e. The standard InChI is InChI=1S/C8H9Cl2NO2S/c1-8(2,3)11-4(9)5(10)14-6(11)7(12)13/h1-3H3. The molecule has 0 saturated carbocycles. The number of aromatic carboxylic acids is 1. The van der Waals surface area contributed by atoms with Crippen molar-refractivity contribution >= 4 is 40.5 Å². The maximum absolute atomic E-state index is 10.8. The van der Waals surface area contributed by atoms with Crippen molar-refractivity contribution in [2.75, 3.05) is 0 Å². The Labute approximate surface area is 95.9 Å². The van der Waals surface area contributed by atoms with Crippen molar-refractivity contribution in [2.45, 2.75) is 26.3 Å². The number of aromatic nitrogens is 1. The third-order valence-electron chi connectivity index (χ3n) is 1.59. The molecule has 0 atom stereocenters. The number of carbonyl (C=O) groups excluding carboxylic acids is 1. The highest BCUT2D eigenvalue weighted by molar-refractivity contribution is 7.17. The molecular formula is C8H9Cl2NO2S. The predicted octanol–water partition coefficient (Wildman–Crippen LogP) is 1.46. The molecule has 1 heterocycles. The Bertz CT molecular complexity index is 381. The van der Waals surface area contributed by atoms with E-state index in [1.165, 1.54) is 4.57 Å². The molecule has 0 saturated heterocycles. The molecule has 1 aromatic heterocycles. The lowest BCUT2D eigenvalue weighted by Gasteiger charge is -2.13. The molecule has 0 radical (unpaired) electrons. The molecule has 0 aliphatic carbocycles. The minimum absolute atomic E-state index is 0.0347. The number of nitrogens with zero attached hydrogens (tertiary/aromatic N) is 1. The van der Waals surface area contributed by atoms with Crippen molar-refractivity contribution in [3.63, 3.8) is 0 Å². The van der Waals surface area contributed by atoms with E-state index in [9.17, 15) is 9.90 Å². The van der Waals surface area contributed by atoms with Crippen molar-refractivity contribution in [1.29, 1.82) is 0 Å². The Morgan fingerprint density at radius 2 is 1.93 bits per heavy atom. The number of carboxylic acids is 1. The van der Waals surface area contributed by atoms with Crippen LogP contribution in [0.25, 0.3) is 0 Å². The van der Waals surface area contributed by atoms with Gasteiger partial charge < -0.3 is 9.90 Å². The SMILES string of the molecule is CC(C)(C)[n+]1c(C(=O)[O-])sc(Cl)c1Cl. The predicted molar refractivity (Wildman–Crippen MR) is 53.9 cm³/mol. The molecule has 1 aromatic rings. The molecule has 0 bridgehead atoms. The van der Waals surface area contributed by atoms with E-state index in [1.807, 2.05) is 20.8 Å². The lowest BCUT2D eigenvalue weighted by atomic mass is 10.1. The zero-order valence-corrected chi connectivity index (χ0v) is 10.3. The van der Waals surface area contributed by atoms with Gasteiger partial charge in [0.25, 0.3) is 5.01 Å². The average molecular weight is 254 g/mol. The van der Waals surface area contributed by atoms with E-state index in [-0.39, 0.29) is 14.5 Å².